The van der Waals surface area contributed by atoms with Gasteiger partial charge in [-0.05, 0) is 19.1 Å². The van der Waals surface area contributed by atoms with Crippen LogP contribution in [0.5, 0.6) is 5.75 Å². The van der Waals surface area contributed by atoms with E-state index in [0.29, 0.717) is 19.0 Å². The smallest absolute Gasteiger partial charge is 0.132 e. The number of ether oxygens (including phenoxy) is 2. The molecule has 0 aromatic heterocycles. The molecule has 0 saturated heterocycles. The van der Waals surface area contributed by atoms with Crippen LogP contribution in [0.2, 0.25) is 0 Å². The minimum Gasteiger partial charge on any atom is -0.493 e. The first kappa shape index (κ1) is 12.9. The van der Waals surface area contributed by atoms with E-state index in [9.17, 15) is 9.50 Å². The summed E-state index contributed by atoms with van der Waals surface area (Å²) in [5.41, 5.74) is 0.282. The lowest BCUT2D eigenvalue weighted by Gasteiger charge is -2.09. The van der Waals surface area contributed by atoms with Gasteiger partial charge in [0.2, 0.25) is 0 Å². The SMILES string of the molecule is COCCCOc1ccc([C@@H](C)O)c(F)c1. The van der Waals surface area contributed by atoms with E-state index in [4.69, 9.17) is 9.47 Å². The van der Waals surface area contributed by atoms with Crippen molar-refractivity contribution < 1.29 is 19.0 Å². The largest absolute Gasteiger partial charge is 0.493 e. The molecule has 1 aromatic carbocycles. The molecule has 1 rings (SSSR count). The summed E-state index contributed by atoms with van der Waals surface area (Å²) >= 11 is 0. The van der Waals surface area contributed by atoms with Gasteiger partial charge in [-0.3, -0.25) is 0 Å². The fraction of sp³-hybridized carbons (Fsp3) is 0.500. The lowest BCUT2D eigenvalue weighted by molar-refractivity contribution is 0.171. The summed E-state index contributed by atoms with van der Waals surface area (Å²) in [6.45, 7) is 2.63. The zero-order valence-corrected chi connectivity index (χ0v) is 9.57. The highest BCUT2D eigenvalue weighted by Crippen LogP contribution is 2.21. The lowest BCUT2D eigenvalue weighted by atomic mass is 10.1. The van der Waals surface area contributed by atoms with E-state index in [1.807, 2.05) is 0 Å². The molecule has 0 aliphatic rings. The number of hydrogen-bond acceptors (Lipinski definition) is 3. The van der Waals surface area contributed by atoms with E-state index >= 15 is 0 Å². The maximum Gasteiger partial charge on any atom is 0.132 e. The van der Waals surface area contributed by atoms with Gasteiger partial charge in [0.15, 0.2) is 0 Å². The first-order valence-electron chi connectivity index (χ1n) is 5.24. The van der Waals surface area contributed by atoms with Gasteiger partial charge in [-0.25, -0.2) is 4.39 Å². The summed E-state index contributed by atoms with van der Waals surface area (Å²) in [4.78, 5) is 0. The average molecular weight is 228 g/mol. The van der Waals surface area contributed by atoms with Crippen LogP contribution in [0.15, 0.2) is 18.2 Å². The number of rotatable bonds is 6. The Kier molecular flexibility index (Phi) is 5.22. The van der Waals surface area contributed by atoms with Crippen LogP contribution >= 0.6 is 0 Å². The maximum atomic E-state index is 13.4. The lowest BCUT2D eigenvalue weighted by Crippen LogP contribution is -2.02. The van der Waals surface area contributed by atoms with Crippen LogP contribution < -0.4 is 4.74 Å². The minimum atomic E-state index is -0.803. The number of hydrogen-bond donors (Lipinski definition) is 1. The molecule has 0 aliphatic heterocycles. The molecule has 0 amide bonds. The molecule has 1 N–H and O–H groups in total. The van der Waals surface area contributed by atoms with Crippen molar-refractivity contribution in [2.75, 3.05) is 20.3 Å². The molecule has 3 nitrogen and oxygen atoms in total. The number of halogens is 1. The zero-order valence-electron chi connectivity index (χ0n) is 9.57. The van der Waals surface area contributed by atoms with E-state index < -0.39 is 11.9 Å². The second kappa shape index (κ2) is 6.45. The Morgan fingerprint density at radius 2 is 2.12 bits per heavy atom. The summed E-state index contributed by atoms with van der Waals surface area (Å²) in [6, 6.07) is 4.47. The van der Waals surface area contributed by atoms with E-state index in [0.717, 1.165) is 6.42 Å². The predicted molar refractivity (Wildman–Crippen MR) is 59.0 cm³/mol. The first-order valence-corrected chi connectivity index (χ1v) is 5.24. The van der Waals surface area contributed by atoms with Crippen molar-refractivity contribution in [3.63, 3.8) is 0 Å². The van der Waals surface area contributed by atoms with Gasteiger partial charge in [0.05, 0.1) is 12.7 Å². The highest BCUT2D eigenvalue weighted by atomic mass is 19.1. The molecule has 0 heterocycles. The Balaban J connectivity index is 2.53. The highest BCUT2D eigenvalue weighted by molar-refractivity contribution is 5.29. The molecule has 0 radical (unpaired) electrons. The van der Waals surface area contributed by atoms with Crippen LogP contribution in [0, 0.1) is 5.82 Å². The topological polar surface area (TPSA) is 38.7 Å². The monoisotopic (exact) mass is 228 g/mol. The number of aliphatic hydroxyl groups is 1. The van der Waals surface area contributed by atoms with Gasteiger partial charge < -0.3 is 14.6 Å². The Bertz CT molecular complexity index is 326. The Morgan fingerprint density at radius 1 is 1.38 bits per heavy atom. The van der Waals surface area contributed by atoms with Crippen molar-refractivity contribution in [2.45, 2.75) is 19.4 Å². The van der Waals surface area contributed by atoms with Crippen LogP contribution in [0.25, 0.3) is 0 Å². The predicted octanol–water partition coefficient (Wildman–Crippen LogP) is 2.29. The highest BCUT2D eigenvalue weighted by Gasteiger charge is 2.08. The third-order valence-electron chi connectivity index (χ3n) is 2.18. The van der Waals surface area contributed by atoms with Crippen LogP contribution in [0.3, 0.4) is 0 Å². The second-order valence-electron chi connectivity index (χ2n) is 3.55. The molecule has 0 unspecified atom stereocenters. The van der Waals surface area contributed by atoms with Gasteiger partial charge in [0, 0.05) is 31.8 Å². The van der Waals surface area contributed by atoms with Gasteiger partial charge in [0.25, 0.3) is 0 Å². The molecule has 4 heteroatoms. The fourth-order valence-electron chi connectivity index (χ4n) is 1.33. The summed E-state index contributed by atoms with van der Waals surface area (Å²) in [6.07, 6.45) is -0.0430. The van der Waals surface area contributed by atoms with Crippen LogP contribution in [-0.2, 0) is 4.74 Å². The van der Waals surface area contributed by atoms with E-state index in [-0.39, 0.29) is 5.56 Å². The molecule has 16 heavy (non-hydrogen) atoms. The molecular formula is C12H17FO3. The van der Waals surface area contributed by atoms with Gasteiger partial charge in [-0.2, -0.15) is 0 Å². The summed E-state index contributed by atoms with van der Waals surface area (Å²) in [5, 5.41) is 9.24. The molecule has 90 valence electrons. The Morgan fingerprint density at radius 3 is 2.69 bits per heavy atom. The second-order valence-corrected chi connectivity index (χ2v) is 3.55. The molecule has 0 saturated carbocycles. The fourth-order valence-corrected chi connectivity index (χ4v) is 1.33. The number of methoxy groups -OCH3 is 1. The van der Waals surface area contributed by atoms with Gasteiger partial charge >= 0.3 is 0 Å². The molecule has 1 aromatic rings. The minimum absolute atomic E-state index is 0.282. The van der Waals surface area contributed by atoms with E-state index in [1.165, 1.54) is 19.1 Å². The molecule has 0 fully saturated rings. The van der Waals surface area contributed by atoms with Crippen molar-refractivity contribution in [1.29, 1.82) is 0 Å². The third-order valence-corrected chi connectivity index (χ3v) is 2.18. The van der Waals surface area contributed by atoms with Gasteiger partial charge in [-0.15, -0.1) is 0 Å². The molecule has 0 bridgehead atoms. The van der Waals surface area contributed by atoms with E-state index in [1.54, 1.807) is 13.2 Å². The Hall–Kier alpha value is -1.13. The molecular weight excluding hydrogens is 211 g/mol. The standard InChI is InChI=1S/C12H17FO3/c1-9(14)11-5-4-10(8-12(11)13)16-7-3-6-15-2/h4-5,8-9,14H,3,6-7H2,1-2H3/t9-/m1/s1. The zero-order chi connectivity index (χ0) is 12.0. The van der Waals surface area contributed by atoms with Crippen molar-refractivity contribution in [1.82, 2.24) is 0 Å². The normalized spacial score (nSPS) is 12.5. The van der Waals surface area contributed by atoms with Crippen molar-refractivity contribution >= 4 is 0 Å². The van der Waals surface area contributed by atoms with Crippen molar-refractivity contribution in [3.05, 3.63) is 29.6 Å². The maximum absolute atomic E-state index is 13.4. The van der Waals surface area contributed by atoms with Gasteiger partial charge in [0.1, 0.15) is 11.6 Å². The van der Waals surface area contributed by atoms with Crippen LogP contribution in [0.4, 0.5) is 4.39 Å². The summed E-state index contributed by atoms with van der Waals surface area (Å²) in [7, 11) is 1.62. The van der Waals surface area contributed by atoms with E-state index in [2.05, 4.69) is 0 Å². The van der Waals surface area contributed by atoms with Crippen LogP contribution in [-0.4, -0.2) is 25.4 Å². The third kappa shape index (κ3) is 3.79. The van der Waals surface area contributed by atoms with Crippen molar-refractivity contribution in [2.24, 2.45) is 0 Å². The molecule has 1 atom stereocenters. The molecule has 0 spiro atoms. The average Bonchev–Trinajstić information content (AvgIpc) is 2.24. The van der Waals surface area contributed by atoms with Gasteiger partial charge in [-0.1, -0.05) is 0 Å². The first-order chi connectivity index (χ1) is 7.65. The number of aliphatic hydroxyl groups excluding tert-OH is 1. The van der Waals surface area contributed by atoms with Crippen molar-refractivity contribution in [3.8, 4) is 5.75 Å². The number of benzene rings is 1. The summed E-state index contributed by atoms with van der Waals surface area (Å²) < 4.78 is 23.6. The van der Waals surface area contributed by atoms with Crippen LogP contribution in [0.1, 0.15) is 25.0 Å². The summed E-state index contributed by atoms with van der Waals surface area (Å²) in [5.74, 6) is 0.0252. The Labute approximate surface area is 94.8 Å². The quantitative estimate of drug-likeness (QED) is 0.759. The molecule has 0 aliphatic carbocycles.